The minimum absolute atomic E-state index is 0.679. The summed E-state index contributed by atoms with van der Waals surface area (Å²) in [4.78, 5) is 45.6. The Morgan fingerprint density at radius 2 is 1.16 bits per heavy atom. The van der Waals surface area contributed by atoms with Gasteiger partial charge in [-0.2, -0.15) is 0 Å². The molecule has 1 saturated heterocycles. The Morgan fingerprint density at radius 1 is 0.720 bits per heavy atom. The zero-order chi connectivity index (χ0) is 19.1. The van der Waals surface area contributed by atoms with Crippen molar-refractivity contribution >= 4 is 23.9 Å². The lowest BCUT2D eigenvalue weighted by Crippen LogP contribution is -2.61. The van der Waals surface area contributed by atoms with Crippen LogP contribution in [-0.2, 0) is 42.9 Å². The number of rotatable bonds is 4. The van der Waals surface area contributed by atoms with E-state index in [1.165, 1.54) is 6.92 Å². The standard InChI is InChI=1S/C16H20O9/c1-6-7-12-13(21-8(2)17)14(22-9(3)18)15(23-10(4)19)16(25-12)24-11(5)20/h12-16H,1-5H3/t12-,13+,14+,15+,16?/m0/s1. The van der Waals surface area contributed by atoms with E-state index in [0.29, 0.717) is 0 Å². The first-order valence-corrected chi connectivity index (χ1v) is 7.42. The molecule has 0 aromatic carbocycles. The molecule has 0 aromatic heterocycles. The van der Waals surface area contributed by atoms with Gasteiger partial charge in [-0.3, -0.25) is 19.2 Å². The van der Waals surface area contributed by atoms with Crippen molar-refractivity contribution in [2.24, 2.45) is 0 Å². The van der Waals surface area contributed by atoms with Gasteiger partial charge in [0, 0.05) is 27.7 Å². The van der Waals surface area contributed by atoms with Gasteiger partial charge in [0.1, 0.15) is 0 Å². The zero-order valence-electron chi connectivity index (χ0n) is 14.6. The maximum atomic E-state index is 11.5. The van der Waals surface area contributed by atoms with Gasteiger partial charge < -0.3 is 23.7 Å². The van der Waals surface area contributed by atoms with Crippen LogP contribution in [0.3, 0.4) is 0 Å². The highest BCUT2D eigenvalue weighted by atomic mass is 16.7. The van der Waals surface area contributed by atoms with Gasteiger partial charge in [0.05, 0.1) is 0 Å². The molecule has 0 radical (unpaired) electrons. The first-order chi connectivity index (χ1) is 11.6. The minimum Gasteiger partial charge on any atom is -0.455 e. The molecule has 0 aliphatic carbocycles. The highest BCUT2D eigenvalue weighted by molar-refractivity contribution is 5.69. The molecule has 5 atom stereocenters. The molecule has 0 amide bonds. The van der Waals surface area contributed by atoms with Gasteiger partial charge in [0.15, 0.2) is 18.3 Å². The van der Waals surface area contributed by atoms with E-state index in [0.717, 1.165) is 27.7 Å². The summed E-state index contributed by atoms with van der Waals surface area (Å²) in [5, 5.41) is 0. The molecule has 25 heavy (non-hydrogen) atoms. The van der Waals surface area contributed by atoms with E-state index in [1.807, 2.05) is 0 Å². The summed E-state index contributed by atoms with van der Waals surface area (Å²) in [6, 6.07) is 0. The fraction of sp³-hybridized carbons (Fsp3) is 0.625. The lowest BCUT2D eigenvalue weighted by molar-refractivity contribution is -0.286. The van der Waals surface area contributed by atoms with Crippen molar-refractivity contribution in [3.05, 3.63) is 0 Å². The summed E-state index contributed by atoms with van der Waals surface area (Å²) in [6.45, 7) is 6.06. The summed E-state index contributed by atoms with van der Waals surface area (Å²) in [7, 11) is 0. The van der Waals surface area contributed by atoms with Crippen LogP contribution in [0.1, 0.15) is 34.6 Å². The molecule has 0 bridgehead atoms. The van der Waals surface area contributed by atoms with Gasteiger partial charge in [0.2, 0.25) is 12.4 Å². The van der Waals surface area contributed by atoms with Crippen LogP contribution < -0.4 is 0 Å². The van der Waals surface area contributed by atoms with Crippen molar-refractivity contribution in [2.45, 2.75) is 65.3 Å². The van der Waals surface area contributed by atoms with Crippen molar-refractivity contribution in [3.63, 3.8) is 0 Å². The van der Waals surface area contributed by atoms with Gasteiger partial charge in [-0.25, -0.2) is 0 Å². The number of esters is 4. The number of carbonyl (C=O) groups is 4. The van der Waals surface area contributed by atoms with Crippen LogP contribution in [0.5, 0.6) is 0 Å². The lowest BCUT2D eigenvalue weighted by atomic mass is 9.98. The maximum Gasteiger partial charge on any atom is 0.305 e. The Balaban J connectivity index is 3.32. The second-order valence-corrected chi connectivity index (χ2v) is 5.15. The van der Waals surface area contributed by atoms with Gasteiger partial charge in [-0.05, 0) is 6.92 Å². The minimum atomic E-state index is -1.39. The molecule has 0 saturated carbocycles. The lowest BCUT2D eigenvalue weighted by Gasteiger charge is -2.42. The van der Waals surface area contributed by atoms with Crippen LogP contribution in [0.25, 0.3) is 0 Å². The van der Waals surface area contributed by atoms with Crippen molar-refractivity contribution in [2.75, 3.05) is 0 Å². The third-order valence-corrected chi connectivity index (χ3v) is 2.97. The molecule has 0 N–H and O–H groups in total. The van der Waals surface area contributed by atoms with Crippen LogP contribution in [0, 0.1) is 11.8 Å². The summed E-state index contributed by atoms with van der Waals surface area (Å²) in [5.74, 6) is 2.40. The van der Waals surface area contributed by atoms with E-state index >= 15 is 0 Å². The average Bonchev–Trinajstić information content (AvgIpc) is 2.45. The largest absolute Gasteiger partial charge is 0.455 e. The topological polar surface area (TPSA) is 114 Å². The van der Waals surface area contributed by atoms with Gasteiger partial charge in [-0.15, -0.1) is 5.92 Å². The highest BCUT2D eigenvalue weighted by Gasteiger charge is 2.52. The SMILES string of the molecule is CC#C[C@@H]1OC(OC(C)=O)[C@H](OC(C)=O)[C@H](OC(C)=O)[C@@H]1OC(C)=O. The van der Waals surface area contributed by atoms with E-state index < -0.39 is 54.6 Å². The van der Waals surface area contributed by atoms with E-state index in [9.17, 15) is 19.2 Å². The average molecular weight is 356 g/mol. The Kier molecular flexibility index (Phi) is 7.39. The van der Waals surface area contributed by atoms with Gasteiger partial charge >= 0.3 is 23.9 Å². The highest BCUT2D eigenvalue weighted by Crippen LogP contribution is 2.29. The summed E-state index contributed by atoms with van der Waals surface area (Å²) >= 11 is 0. The van der Waals surface area contributed by atoms with Crippen molar-refractivity contribution < 1.29 is 42.9 Å². The van der Waals surface area contributed by atoms with Crippen LogP contribution >= 0.6 is 0 Å². The predicted octanol–water partition coefficient (Wildman–Crippen LogP) is 0.0928. The summed E-state index contributed by atoms with van der Waals surface area (Å²) in [5.41, 5.74) is 0. The Bertz CT molecular complexity index is 600. The second-order valence-electron chi connectivity index (χ2n) is 5.15. The first-order valence-electron chi connectivity index (χ1n) is 7.42. The Hall–Kier alpha value is -2.60. The molecule has 1 rings (SSSR count). The second kappa shape index (κ2) is 9.03. The normalized spacial score (nSPS) is 28.0. The molecule has 1 aliphatic rings. The van der Waals surface area contributed by atoms with Crippen LogP contribution in [-0.4, -0.2) is 54.6 Å². The van der Waals surface area contributed by atoms with Crippen molar-refractivity contribution in [1.29, 1.82) is 0 Å². The molecule has 0 aromatic rings. The third kappa shape index (κ3) is 6.08. The Labute approximate surface area is 144 Å². The molecule has 138 valence electrons. The number of carbonyl (C=O) groups excluding carboxylic acids is 4. The monoisotopic (exact) mass is 356 g/mol. The van der Waals surface area contributed by atoms with Crippen LogP contribution in [0.4, 0.5) is 0 Å². The number of ether oxygens (including phenoxy) is 5. The zero-order valence-corrected chi connectivity index (χ0v) is 14.6. The van der Waals surface area contributed by atoms with Crippen molar-refractivity contribution in [3.8, 4) is 11.8 Å². The van der Waals surface area contributed by atoms with Crippen LogP contribution in [0.15, 0.2) is 0 Å². The molecule has 1 fully saturated rings. The summed E-state index contributed by atoms with van der Waals surface area (Å²) in [6.07, 6.45) is -6.22. The van der Waals surface area contributed by atoms with Gasteiger partial charge in [0.25, 0.3) is 0 Å². The maximum absolute atomic E-state index is 11.5. The molecule has 1 unspecified atom stereocenters. The fourth-order valence-corrected chi connectivity index (χ4v) is 2.29. The molecule has 9 nitrogen and oxygen atoms in total. The predicted molar refractivity (Wildman–Crippen MR) is 80.5 cm³/mol. The molecular formula is C16H20O9. The molecule has 1 heterocycles. The van der Waals surface area contributed by atoms with E-state index in [4.69, 9.17) is 23.7 Å². The molecule has 9 heteroatoms. The van der Waals surface area contributed by atoms with E-state index in [2.05, 4.69) is 11.8 Å². The number of hydrogen-bond acceptors (Lipinski definition) is 9. The smallest absolute Gasteiger partial charge is 0.305 e. The van der Waals surface area contributed by atoms with E-state index in [1.54, 1.807) is 0 Å². The molecular weight excluding hydrogens is 336 g/mol. The summed E-state index contributed by atoms with van der Waals surface area (Å²) < 4.78 is 26.0. The fourth-order valence-electron chi connectivity index (χ4n) is 2.29. The first kappa shape index (κ1) is 20.4. The van der Waals surface area contributed by atoms with E-state index in [-0.39, 0.29) is 0 Å². The quantitative estimate of drug-likeness (QED) is 0.393. The van der Waals surface area contributed by atoms with Gasteiger partial charge in [-0.1, -0.05) is 5.92 Å². The molecule has 1 aliphatic heterocycles. The van der Waals surface area contributed by atoms with Crippen molar-refractivity contribution in [1.82, 2.24) is 0 Å². The van der Waals surface area contributed by atoms with Crippen LogP contribution in [0.2, 0.25) is 0 Å². The third-order valence-electron chi connectivity index (χ3n) is 2.97. The Morgan fingerprint density at radius 3 is 1.60 bits per heavy atom. The molecule has 0 spiro atoms. The number of hydrogen-bond donors (Lipinski definition) is 0.